The maximum Gasteiger partial charge on any atom is 0.338 e. The van der Waals surface area contributed by atoms with Crippen LogP contribution in [0.15, 0.2) is 75.4 Å². The molecule has 0 saturated carbocycles. The Labute approximate surface area is 278 Å². The minimum Gasteiger partial charge on any atom is -0.493 e. The van der Waals surface area contributed by atoms with E-state index in [0.29, 0.717) is 37.1 Å². The molecule has 3 amide bonds. The quantitative estimate of drug-likeness (QED) is 0.118. The Balaban J connectivity index is 1.41. The Morgan fingerprint density at radius 2 is 1.80 bits per heavy atom. The number of carbonyl (C=O) groups is 3. The van der Waals surface area contributed by atoms with Crippen molar-refractivity contribution >= 4 is 63.3 Å². The summed E-state index contributed by atoms with van der Waals surface area (Å²) in [5.41, 5.74) is 5.03. The maximum atomic E-state index is 12.6. The number of nitrogens with one attached hydrogen (secondary N) is 3. The number of hydrogen-bond donors (Lipinski definition) is 3. The second kappa shape index (κ2) is 15.6. The Kier molecular flexibility index (Phi) is 11.7. The second-order valence-corrected chi connectivity index (χ2v) is 11.2. The van der Waals surface area contributed by atoms with E-state index >= 15 is 0 Å². The van der Waals surface area contributed by atoms with Gasteiger partial charge in [0.05, 0.1) is 36.0 Å². The molecule has 1 aliphatic heterocycles. The van der Waals surface area contributed by atoms with Crippen LogP contribution in [0.3, 0.4) is 0 Å². The normalized spacial score (nSPS) is 14.4. The number of nitrogens with zero attached hydrogens (tertiary/aromatic N) is 1. The van der Waals surface area contributed by atoms with E-state index in [0.717, 1.165) is 5.56 Å². The summed E-state index contributed by atoms with van der Waals surface area (Å²) < 4.78 is 22.9. The van der Waals surface area contributed by atoms with Gasteiger partial charge < -0.3 is 29.6 Å². The third-order valence-electron chi connectivity index (χ3n) is 6.37. The number of benzene rings is 3. The molecular formula is C31H29BrCl2N4O7. The Morgan fingerprint density at radius 3 is 2.51 bits per heavy atom. The van der Waals surface area contributed by atoms with Crippen LogP contribution in [0.4, 0.5) is 4.79 Å². The third-order valence-corrected chi connectivity index (χ3v) is 7.43. The van der Waals surface area contributed by atoms with Crippen LogP contribution < -0.4 is 30.3 Å². The first-order valence-electron chi connectivity index (χ1n) is 13.5. The highest BCUT2D eigenvalue weighted by Gasteiger charge is 2.32. The minimum atomic E-state index is -0.787. The molecule has 0 bridgehead atoms. The summed E-state index contributed by atoms with van der Waals surface area (Å²) in [4.78, 5) is 37.3. The maximum absolute atomic E-state index is 12.6. The molecule has 0 aromatic heterocycles. The smallest absolute Gasteiger partial charge is 0.338 e. The van der Waals surface area contributed by atoms with Crippen LogP contribution in [0, 0.1) is 0 Å². The molecule has 3 aromatic rings. The predicted molar refractivity (Wildman–Crippen MR) is 173 cm³/mol. The Hall–Kier alpha value is -4.26. The summed E-state index contributed by atoms with van der Waals surface area (Å²) in [5.74, 6) is -0.0841. The molecule has 0 unspecified atom stereocenters. The summed E-state index contributed by atoms with van der Waals surface area (Å²) in [6.07, 6.45) is 1.41. The number of methoxy groups -OCH3 is 1. The molecular weight excluding hydrogens is 691 g/mol. The van der Waals surface area contributed by atoms with Crippen molar-refractivity contribution in [3.63, 3.8) is 0 Å². The van der Waals surface area contributed by atoms with Crippen molar-refractivity contribution < 1.29 is 33.3 Å². The first kappa shape index (κ1) is 33.6. The molecule has 0 saturated heterocycles. The number of ether oxygens (including phenoxy) is 4. The van der Waals surface area contributed by atoms with Crippen molar-refractivity contribution in [2.45, 2.75) is 26.5 Å². The molecule has 0 spiro atoms. The lowest BCUT2D eigenvalue weighted by Gasteiger charge is -2.28. The van der Waals surface area contributed by atoms with Crippen LogP contribution >= 0.6 is 39.1 Å². The number of rotatable bonds is 12. The summed E-state index contributed by atoms with van der Waals surface area (Å²) in [7, 11) is 1.43. The van der Waals surface area contributed by atoms with Crippen LogP contribution in [-0.4, -0.2) is 44.4 Å². The van der Waals surface area contributed by atoms with E-state index < -0.39 is 23.9 Å². The number of hydrazone groups is 1. The lowest BCUT2D eigenvalue weighted by Crippen LogP contribution is -2.45. The monoisotopic (exact) mass is 718 g/mol. The lowest BCUT2D eigenvalue weighted by molar-refractivity contribution is -0.139. The van der Waals surface area contributed by atoms with E-state index in [1.54, 1.807) is 56.3 Å². The fourth-order valence-electron chi connectivity index (χ4n) is 4.32. The van der Waals surface area contributed by atoms with Gasteiger partial charge in [-0.15, -0.1) is 0 Å². The van der Waals surface area contributed by atoms with Gasteiger partial charge in [0.2, 0.25) is 0 Å². The van der Waals surface area contributed by atoms with Gasteiger partial charge in [0, 0.05) is 21.3 Å². The Morgan fingerprint density at radius 1 is 1.04 bits per heavy atom. The molecule has 14 heteroatoms. The lowest BCUT2D eigenvalue weighted by atomic mass is 9.95. The average Bonchev–Trinajstić information content (AvgIpc) is 3.00. The molecule has 11 nitrogen and oxygen atoms in total. The standard InChI is InChI=1S/C31H29BrCl2N4O7/c1-4-43-30(40)27-17(2)36-31(41)37-28(27)19-7-10-24(25(12-19)42-3)44-16-26(39)38-35-14-20-11-22(34)13-23(32)29(20)45-15-18-5-8-21(33)9-6-18/h5-14,28H,4,15-16H2,1-3H3,(H,38,39)(H2,36,37,41)/b35-14+/t28-/m1/s1. The molecule has 45 heavy (non-hydrogen) atoms. The van der Waals surface area contributed by atoms with Gasteiger partial charge in [-0.3, -0.25) is 4.79 Å². The van der Waals surface area contributed by atoms with Gasteiger partial charge in [0.15, 0.2) is 18.1 Å². The summed E-state index contributed by atoms with van der Waals surface area (Å²) >= 11 is 15.6. The molecule has 1 aliphatic rings. The number of esters is 1. The number of hydrogen-bond acceptors (Lipinski definition) is 8. The molecule has 0 aliphatic carbocycles. The van der Waals surface area contributed by atoms with Gasteiger partial charge in [-0.1, -0.05) is 41.4 Å². The van der Waals surface area contributed by atoms with E-state index in [1.807, 2.05) is 12.1 Å². The molecule has 0 radical (unpaired) electrons. The molecule has 1 heterocycles. The van der Waals surface area contributed by atoms with Crippen molar-refractivity contribution in [1.82, 2.24) is 16.1 Å². The number of amides is 3. The highest BCUT2D eigenvalue weighted by Crippen LogP contribution is 2.35. The van der Waals surface area contributed by atoms with Gasteiger partial charge >= 0.3 is 12.0 Å². The van der Waals surface area contributed by atoms with E-state index in [-0.39, 0.29) is 36.9 Å². The topological polar surface area (TPSA) is 137 Å². The first-order valence-corrected chi connectivity index (χ1v) is 15.1. The van der Waals surface area contributed by atoms with Crippen LogP contribution in [0.2, 0.25) is 10.0 Å². The molecule has 3 aromatic carbocycles. The first-order chi connectivity index (χ1) is 21.6. The van der Waals surface area contributed by atoms with E-state index in [1.165, 1.54) is 13.3 Å². The van der Waals surface area contributed by atoms with E-state index in [9.17, 15) is 14.4 Å². The number of carbonyl (C=O) groups excluding carboxylic acids is 3. The fraction of sp³-hybridized carbons (Fsp3) is 0.226. The zero-order valence-corrected chi connectivity index (χ0v) is 27.5. The number of halogens is 3. The minimum absolute atomic E-state index is 0.175. The average molecular weight is 720 g/mol. The highest BCUT2D eigenvalue weighted by atomic mass is 79.9. The Bertz CT molecular complexity index is 1650. The number of urea groups is 1. The van der Waals surface area contributed by atoms with Crippen molar-refractivity contribution in [3.8, 4) is 17.2 Å². The zero-order valence-electron chi connectivity index (χ0n) is 24.4. The van der Waals surface area contributed by atoms with Crippen molar-refractivity contribution in [2.75, 3.05) is 20.3 Å². The van der Waals surface area contributed by atoms with Crippen LogP contribution in [-0.2, 0) is 20.9 Å². The van der Waals surface area contributed by atoms with Gasteiger partial charge in [-0.2, -0.15) is 5.10 Å². The highest BCUT2D eigenvalue weighted by molar-refractivity contribution is 9.10. The summed E-state index contributed by atoms with van der Waals surface area (Å²) in [6, 6.07) is 14.2. The largest absolute Gasteiger partial charge is 0.493 e. The SMILES string of the molecule is CCOC(=O)C1=C(C)NC(=O)N[C@@H]1c1ccc(OCC(=O)N/N=C/c2cc(Cl)cc(Br)c2OCc2ccc(Cl)cc2)c(OC)c1. The second-order valence-electron chi connectivity index (χ2n) is 9.50. The molecule has 3 N–H and O–H groups in total. The zero-order chi connectivity index (χ0) is 32.5. The van der Waals surface area contributed by atoms with Crippen molar-refractivity contribution in [2.24, 2.45) is 5.10 Å². The molecule has 1 atom stereocenters. The van der Waals surface area contributed by atoms with Gasteiger partial charge in [-0.05, 0) is 77.3 Å². The predicted octanol–water partition coefficient (Wildman–Crippen LogP) is 6.06. The van der Waals surface area contributed by atoms with Crippen molar-refractivity contribution in [1.29, 1.82) is 0 Å². The third kappa shape index (κ3) is 8.90. The molecule has 0 fully saturated rings. The van der Waals surface area contributed by atoms with Crippen LogP contribution in [0.25, 0.3) is 0 Å². The van der Waals surface area contributed by atoms with Crippen molar-refractivity contribution in [3.05, 3.63) is 97.1 Å². The molecule has 4 rings (SSSR count). The van der Waals surface area contributed by atoms with Gasteiger partial charge in [0.25, 0.3) is 5.91 Å². The molecule has 236 valence electrons. The van der Waals surface area contributed by atoms with Gasteiger partial charge in [0.1, 0.15) is 12.4 Å². The fourth-order valence-corrected chi connectivity index (χ4v) is 5.39. The van der Waals surface area contributed by atoms with E-state index in [2.05, 4.69) is 37.1 Å². The van der Waals surface area contributed by atoms with Gasteiger partial charge in [-0.25, -0.2) is 15.0 Å². The summed E-state index contributed by atoms with van der Waals surface area (Å²) in [6.45, 7) is 3.37. The number of allylic oxidation sites excluding steroid dienone is 1. The van der Waals surface area contributed by atoms with Crippen LogP contribution in [0.1, 0.15) is 36.6 Å². The van der Waals surface area contributed by atoms with E-state index in [4.69, 9.17) is 42.1 Å². The van der Waals surface area contributed by atoms with Crippen LogP contribution in [0.5, 0.6) is 17.2 Å². The summed E-state index contributed by atoms with van der Waals surface area (Å²) in [5, 5.41) is 10.4.